The number of rotatable bonds is 3. The van der Waals surface area contributed by atoms with Crippen LogP contribution in [0.2, 0.25) is 0 Å². The lowest BCUT2D eigenvalue weighted by atomic mass is 10.2. The highest BCUT2D eigenvalue weighted by Crippen LogP contribution is 2.08. The number of aromatic amines is 1. The zero-order valence-electron chi connectivity index (χ0n) is 7.51. The Balaban J connectivity index is 2.10. The molecule has 1 N–H and O–H groups in total. The summed E-state index contributed by atoms with van der Waals surface area (Å²) in [5, 5.41) is 7.15. The summed E-state index contributed by atoms with van der Waals surface area (Å²) in [4.78, 5) is 0. The summed E-state index contributed by atoms with van der Waals surface area (Å²) in [5.74, 6) is 0.531. The van der Waals surface area contributed by atoms with Crippen molar-refractivity contribution in [2.75, 3.05) is 0 Å². The Kier molecular flexibility index (Phi) is 2.74. The Morgan fingerprint density at radius 2 is 2.00 bits per heavy atom. The third-order valence-corrected chi connectivity index (χ3v) is 3.17. The highest BCUT2D eigenvalue weighted by atomic mass is 32.2. The summed E-state index contributed by atoms with van der Waals surface area (Å²) in [5.41, 5.74) is 1.07. The van der Waals surface area contributed by atoms with E-state index in [4.69, 9.17) is 0 Å². The van der Waals surface area contributed by atoms with E-state index >= 15 is 0 Å². The molecule has 14 heavy (non-hydrogen) atoms. The van der Waals surface area contributed by atoms with E-state index in [1.165, 1.54) is 0 Å². The van der Waals surface area contributed by atoms with Gasteiger partial charge in [0.1, 0.15) is 5.03 Å². The van der Waals surface area contributed by atoms with Crippen LogP contribution in [0.3, 0.4) is 0 Å². The van der Waals surface area contributed by atoms with Crippen LogP contribution < -0.4 is 0 Å². The van der Waals surface area contributed by atoms with Gasteiger partial charge in [-0.15, -0.1) is 0 Å². The Hall–Kier alpha value is -1.42. The van der Waals surface area contributed by atoms with E-state index in [2.05, 4.69) is 10.2 Å². The first-order chi connectivity index (χ1) is 6.86. The van der Waals surface area contributed by atoms with E-state index in [1.807, 2.05) is 30.3 Å². The predicted octanol–water partition coefficient (Wildman–Crippen LogP) is 1.72. The fourth-order valence-corrected chi connectivity index (χ4v) is 2.19. The van der Waals surface area contributed by atoms with Crippen LogP contribution in [0.25, 0.3) is 0 Å². The van der Waals surface area contributed by atoms with Gasteiger partial charge in [-0.3, -0.25) is 9.31 Å². The third kappa shape index (κ3) is 2.09. The van der Waals surface area contributed by atoms with Crippen LogP contribution in [0.15, 0.2) is 47.6 Å². The van der Waals surface area contributed by atoms with Gasteiger partial charge >= 0.3 is 0 Å². The summed E-state index contributed by atoms with van der Waals surface area (Å²) < 4.78 is 11.7. The number of nitrogens with zero attached hydrogens (tertiary/aromatic N) is 1. The minimum Gasteiger partial charge on any atom is -0.269 e. The van der Waals surface area contributed by atoms with E-state index in [1.54, 1.807) is 12.3 Å². The van der Waals surface area contributed by atoms with Crippen LogP contribution in [-0.2, 0) is 16.6 Å². The quantitative estimate of drug-likeness (QED) is 0.831. The highest BCUT2D eigenvalue weighted by Gasteiger charge is 2.05. The topological polar surface area (TPSA) is 45.8 Å². The van der Waals surface area contributed by atoms with Gasteiger partial charge in [0.15, 0.2) is 0 Å². The van der Waals surface area contributed by atoms with Gasteiger partial charge in [0.05, 0.1) is 16.6 Å². The van der Waals surface area contributed by atoms with Crippen molar-refractivity contribution < 1.29 is 4.21 Å². The molecule has 72 valence electrons. The van der Waals surface area contributed by atoms with Crippen LogP contribution in [0.5, 0.6) is 0 Å². The van der Waals surface area contributed by atoms with E-state index in [0.717, 1.165) is 5.56 Å². The molecule has 0 saturated carbocycles. The molecule has 4 heteroatoms. The van der Waals surface area contributed by atoms with Gasteiger partial charge in [-0.1, -0.05) is 30.3 Å². The van der Waals surface area contributed by atoms with Gasteiger partial charge < -0.3 is 0 Å². The molecule has 0 aliphatic carbocycles. The first-order valence-electron chi connectivity index (χ1n) is 4.28. The first kappa shape index (κ1) is 9.15. The Morgan fingerprint density at radius 3 is 2.64 bits per heavy atom. The zero-order chi connectivity index (χ0) is 9.80. The van der Waals surface area contributed by atoms with Crippen LogP contribution in [-0.4, -0.2) is 14.4 Å². The molecule has 1 atom stereocenters. The lowest BCUT2D eigenvalue weighted by Crippen LogP contribution is -1.96. The van der Waals surface area contributed by atoms with E-state index in [-0.39, 0.29) is 0 Å². The number of hydrogen-bond donors (Lipinski definition) is 1. The van der Waals surface area contributed by atoms with Crippen molar-refractivity contribution in [3.63, 3.8) is 0 Å². The summed E-state index contributed by atoms with van der Waals surface area (Å²) in [6.45, 7) is 0. The van der Waals surface area contributed by atoms with E-state index < -0.39 is 10.8 Å². The van der Waals surface area contributed by atoms with Gasteiger partial charge in [0, 0.05) is 6.20 Å². The van der Waals surface area contributed by atoms with Crippen molar-refractivity contribution in [3.05, 3.63) is 48.2 Å². The minimum absolute atomic E-state index is 0.531. The van der Waals surface area contributed by atoms with E-state index in [0.29, 0.717) is 10.8 Å². The lowest BCUT2D eigenvalue weighted by molar-refractivity contribution is 0.679. The summed E-state index contributed by atoms with van der Waals surface area (Å²) in [6, 6.07) is 11.5. The predicted molar refractivity (Wildman–Crippen MR) is 55.1 cm³/mol. The number of benzene rings is 1. The highest BCUT2D eigenvalue weighted by molar-refractivity contribution is 7.84. The molecule has 3 nitrogen and oxygen atoms in total. The standard InChI is InChI=1S/C10H10N2OS/c13-14(10-6-7-11-12-10)8-9-4-2-1-3-5-9/h1-7H,8H2,(H,11,12). The second-order valence-corrected chi connectivity index (χ2v) is 4.32. The molecule has 2 rings (SSSR count). The molecule has 0 amide bonds. The van der Waals surface area contributed by atoms with Gasteiger partial charge in [-0.05, 0) is 11.6 Å². The minimum atomic E-state index is -1.02. The molecule has 2 aromatic rings. The molecule has 1 heterocycles. The molecule has 1 aromatic carbocycles. The fourth-order valence-electron chi connectivity index (χ4n) is 1.17. The average molecular weight is 206 g/mol. The van der Waals surface area contributed by atoms with Gasteiger partial charge in [-0.2, -0.15) is 5.10 Å². The molecule has 0 aliphatic rings. The van der Waals surface area contributed by atoms with Crippen LogP contribution in [0.1, 0.15) is 5.56 Å². The Morgan fingerprint density at radius 1 is 1.21 bits per heavy atom. The summed E-state index contributed by atoms with van der Waals surface area (Å²) in [7, 11) is -1.02. The van der Waals surface area contributed by atoms with Crippen LogP contribution in [0, 0.1) is 0 Å². The molecule has 0 bridgehead atoms. The van der Waals surface area contributed by atoms with Crippen molar-refractivity contribution in [3.8, 4) is 0 Å². The molecular weight excluding hydrogens is 196 g/mol. The number of aromatic nitrogens is 2. The van der Waals surface area contributed by atoms with Crippen molar-refractivity contribution in [1.82, 2.24) is 10.2 Å². The second-order valence-electron chi connectivity index (χ2n) is 2.90. The lowest BCUT2D eigenvalue weighted by Gasteiger charge is -1.98. The number of hydrogen-bond acceptors (Lipinski definition) is 2. The Labute approximate surface area is 84.6 Å². The van der Waals surface area contributed by atoms with Gasteiger partial charge in [0.2, 0.25) is 0 Å². The molecular formula is C10H10N2OS. The molecule has 1 aromatic heterocycles. The summed E-state index contributed by atoms with van der Waals surface area (Å²) in [6.07, 6.45) is 1.61. The van der Waals surface area contributed by atoms with Crippen molar-refractivity contribution >= 4 is 10.8 Å². The maximum atomic E-state index is 11.7. The second kappa shape index (κ2) is 4.19. The zero-order valence-corrected chi connectivity index (χ0v) is 8.33. The third-order valence-electron chi connectivity index (χ3n) is 1.86. The van der Waals surface area contributed by atoms with E-state index in [9.17, 15) is 4.21 Å². The van der Waals surface area contributed by atoms with Crippen molar-refractivity contribution in [1.29, 1.82) is 0 Å². The monoisotopic (exact) mass is 206 g/mol. The maximum absolute atomic E-state index is 11.7. The molecule has 0 spiro atoms. The van der Waals surface area contributed by atoms with Crippen molar-refractivity contribution in [2.24, 2.45) is 0 Å². The molecule has 0 saturated heterocycles. The summed E-state index contributed by atoms with van der Waals surface area (Å²) >= 11 is 0. The average Bonchev–Trinajstić information content (AvgIpc) is 2.72. The number of nitrogens with one attached hydrogen (secondary N) is 1. The molecule has 0 fully saturated rings. The van der Waals surface area contributed by atoms with Gasteiger partial charge in [0.25, 0.3) is 0 Å². The number of H-pyrrole nitrogens is 1. The SMILES string of the molecule is O=S(Cc1ccccc1)c1ccn[nH]1. The normalized spacial score (nSPS) is 12.6. The fraction of sp³-hybridized carbons (Fsp3) is 0.100. The van der Waals surface area contributed by atoms with Crippen molar-refractivity contribution in [2.45, 2.75) is 10.8 Å². The van der Waals surface area contributed by atoms with Crippen LogP contribution in [0.4, 0.5) is 0 Å². The largest absolute Gasteiger partial charge is 0.269 e. The molecule has 0 radical (unpaired) electrons. The Bertz CT molecular complexity index is 411. The maximum Gasteiger partial charge on any atom is 0.122 e. The van der Waals surface area contributed by atoms with Gasteiger partial charge in [-0.25, -0.2) is 0 Å². The first-order valence-corrected chi connectivity index (χ1v) is 5.60. The van der Waals surface area contributed by atoms with Crippen LogP contribution >= 0.6 is 0 Å². The molecule has 1 unspecified atom stereocenters. The smallest absolute Gasteiger partial charge is 0.122 e. The molecule has 0 aliphatic heterocycles.